The third kappa shape index (κ3) is 2.64. The standard InChI is InChI=1S/C14H16O2/c1-5-10-14(2,3)12-8-6-11(7-9-12)13(15)16-4/h1,6-9H,10H2,2-4H3. The zero-order valence-electron chi connectivity index (χ0n) is 9.91. The average molecular weight is 216 g/mol. The molecule has 0 atom stereocenters. The highest BCUT2D eigenvalue weighted by Gasteiger charge is 2.19. The van der Waals surface area contributed by atoms with E-state index in [4.69, 9.17) is 6.42 Å². The second kappa shape index (κ2) is 4.85. The molecule has 0 aliphatic carbocycles. The lowest BCUT2D eigenvalue weighted by atomic mass is 9.81. The highest BCUT2D eigenvalue weighted by Crippen LogP contribution is 2.26. The van der Waals surface area contributed by atoms with E-state index in [1.54, 1.807) is 12.1 Å². The predicted molar refractivity (Wildman–Crippen MR) is 64.3 cm³/mol. The summed E-state index contributed by atoms with van der Waals surface area (Å²) < 4.78 is 4.64. The molecule has 0 spiro atoms. The minimum absolute atomic E-state index is 0.0661. The molecule has 2 heteroatoms. The van der Waals surface area contributed by atoms with Gasteiger partial charge in [-0.1, -0.05) is 26.0 Å². The lowest BCUT2D eigenvalue weighted by Gasteiger charge is -2.22. The third-order valence-corrected chi connectivity index (χ3v) is 2.63. The van der Waals surface area contributed by atoms with E-state index in [9.17, 15) is 4.79 Å². The number of benzene rings is 1. The molecule has 2 nitrogen and oxygen atoms in total. The predicted octanol–water partition coefficient (Wildman–Crippen LogP) is 2.77. The summed E-state index contributed by atoms with van der Waals surface area (Å²) in [6.45, 7) is 4.17. The molecule has 0 bridgehead atoms. The Hall–Kier alpha value is -1.75. The number of carbonyl (C=O) groups excluding carboxylic acids is 1. The van der Waals surface area contributed by atoms with Crippen molar-refractivity contribution in [2.45, 2.75) is 25.7 Å². The Labute approximate surface area is 96.6 Å². The Kier molecular flexibility index (Phi) is 3.73. The molecule has 0 heterocycles. The summed E-state index contributed by atoms with van der Waals surface area (Å²) in [5.74, 6) is 2.35. The summed E-state index contributed by atoms with van der Waals surface area (Å²) in [7, 11) is 1.37. The maximum absolute atomic E-state index is 11.2. The summed E-state index contributed by atoms with van der Waals surface area (Å²) in [6.07, 6.45) is 6.00. The molecule has 1 rings (SSSR count). The van der Waals surface area contributed by atoms with Crippen molar-refractivity contribution in [2.24, 2.45) is 0 Å². The molecule has 1 aromatic carbocycles. The number of carbonyl (C=O) groups is 1. The van der Waals surface area contributed by atoms with Gasteiger partial charge in [-0.05, 0) is 17.7 Å². The van der Waals surface area contributed by atoms with E-state index in [0.29, 0.717) is 12.0 Å². The lowest BCUT2D eigenvalue weighted by molar-refractivity contribution is 0.0600. The van der Waals surface area contributed by atoms with Gasteiger partial charge in [0, 0.05) is 11.8 Å². The number of hydrogen-bond donors (Lipinski definition) is 0. The molecule has 0 radical (unpaired) electrons. The van der Waals surface area contributed by atoms with Crippen molar-refractivity contribution < 1.29 is 9.53 Å². The van der Waals surface area contributed by atoms with Gasteiger partial charge in [0.05, 0.1) is 12.7 Å². The zero-order chi connectivity index (χ0) is 12.2. The first-order valence-corrected chi connectivity index (χ1v) is 5.13. The highest BCUT2D eigenvalue weighted by atomic mass is 16.5. The van der Waals surface area contributed by atoms with Gasteiger partial charge in [-0.25, -0.2) is 4.79 Å². The summed E-state index contributed by atoms with van der Waals surface area (Å²) in [4.78, 5) is 11.2. The van der Waals surface area contributed by atoms with Crippen LogP contribution in [0.5, 0.6) is 0 Å². The van der Waals surface area contributed by atoms with Crippen molar-refractivity contribution >= 4 is 5.97 Å². The number of ether oxygens (including phenoxy) is 1. The molecule has 0 amide bonds. The van der Waals surface area contributed by atoms with Crippen LogP contribution in [0.2, 0.25) is 0 Å². The Balaban J connectivity index is 2.95. The maximum Gasteiger partial charge on any atom is 0.337 e. The van der Waals surface area contributed by atoms with Gasteiger partial charge in [0.15, 0.2) is 0 Å². The topological polar surface area (TPSA) is 26.3 Å². The Bertz CT molecular complexity index is 407. The van der Waals surface area contributed by atoms with Crippen LogP contribution < -0.4 is 0 Å². The van der Waals surface area contributed by atoms with Gasteiger partial charge in [-0.2, -0.15) is 0 Å². The maximum atomic E-state index is 11.2. The van der Waals surface area contributed by atoms with Gasteiger partial charge >= 0.3 is 5.97 Å². The van der Waals surface area contributed by atoms with Crippen LogP contribution in [0, 0.1) is 12.3 Å². The summed E-state index contributed by atoms with van der Waals surface area (Å²) in [6, 6.07) is 7.37. The first kappa shape index (κ1) is 12.3. The number of hydrogen-bond acceptors (Lipinski definition) is 2. The molecule has 84 valence electrons. The van der Waals surface area contributed by atoms with E-state index in [1.165, 1.54) is 7.11 Å². The van der Waals surface area contributed by atoms with Crippen molar-refractivity contribution in [3.8, 4) is 12.3 Å². The van der Waals surface area contributed by atoms with Crippen molar-refractivity contribution in [2.75, 3.05) is 7.11 Å². The van der Waals surface area contributed by atoms with Gasteiger partial charge in [-0.15, -0.1) is 12.3 Å². The van der Waals surface area contributed by atoms with Crippen molar-refractivity contribution in [3.05, 3.63) is 35.4 Å². The molecule has 0 aliphatic rings. The van der Waals surface area contributed by atoms with E-state index in [-0.39, 0.29) is 11.4 Å². The molecule has 0 aromatic heterocycles. The molecular formula is C14H16O2. The Morgan fingerprint density at radius 3 is 2.38 bits per heavy atom. The van der Waals surface area contributed by atoms with E-state index < -0.39 is 0 Å². The SMILES string of the molecule is C#CCC(C)(C)c1ccc(C(=O)OC)cc1. The molecule has 0 saturated carbocycles. The molecule has 1 aromatic rings. The van der Waals surface area contributed by atoms with Crippen LogP contribution >= 0.6 is 0 Å². The van der Waals surface area contributed by atoms with Crippen LogP contribution in [0.25, 0.3) is 0 Å². The fourth-order valence-electron chi connectivity index (χ4n) is 1.53. The molecule has 0 N–H and O–H groups in total. The first-order chi connectivity index (χ1) is 7.51. The fourth-order valence-corrected chi connectivity index (χ4v) is 1.53. The highest BCUT2D eigenvalue weighted by molar-refractivity contribution is 5.89. The molecule has 0 unspecified atom stereocenters. The lowest BCUT2D eigenvalue weighted by Crippen LogP contribution is -2.16. The van der Waals surface area contributed by atoms with Crippen LogP contribution in [-0.4, -0.2) is 13.1 Å². The van der Waals surface area contributed by atoms with E-state index in [0.717, 1.165) is 5.56 Å². The second-order valence-corrected chi connectivity index (χ2v) is 4.33. The van der Waals surface area contributed by atoms with E-state index >= 15 is 0 Å². The minimum atomic E-state index is -0.318. The number of esters is 1. The largest absolute Gasteiger partial charge is 0.465 e. The van der Waals surface area contributed by atoms with Gasteiger partial charge in [0.25, 0.3) is 0 Å². The first-order valence-electron chi connectivity index (χ1n) is 5.13. The van der Waals surface area contributed by atoms with Crippen molar-refractivity contribution in [1.82, 2.24) is 0 Å². The van der Waals surface area contributed by atoms with E-state index in [2.05, 4.69) is 24.5 Å². The number of terminal acetylenes is 1. The molecule has 0 fully saturated rings. The molecule has 0 aliphatic heterocycles. The van der Waals surface area contributed by atoms with Gasteiger partial charge < -0.3 is 4.74 Å². The zero-order valence-corrected chi connectivity index (χ0v) is 9.91. The summed E-state index contributed by atoms with van der Waals surface area (Å²) >= 11 is 0. The molecule has 0 saturated heterocycles. The number of methoxy groups -OCH3 is 1. The van der Waals surface area contributed by atoms with Crippen molar-refractivity contribution in [3.63, 3.8) is 0 Å². The van der Waals surface area contributed by atoms with Gasteiger partial charge in [-0.3, -0.25) is 0 Å². The monoisotopic (exact) mass is 216 g/mol. The smallest absolute Gasteiger partial charge is 0.337 e. The van der Waals surface area contributed by atoms with Crippen LogP contribution in [0.15, 0.2) is 24.3 Å². The Morgan fingerprint density at radius 2 is 1.94 bits per heavy atom. The van der Waals surface area contributed by atoms with E-state index in [1.807, 2.05) is 12.1 Å². The average Bonchev–Trinajstić information content (AvgIpc) is 2.28. The van der Waals surface area contributed by atoms with Gasteiger partial charge in [0.2, 0.25) is 0 Å². The fraction of sp³-hybridized carbons (Fsp3) is 0.357. The van der Waals surface area contributed by atoms with Crippen LogP contribution in [-0.2, 0) is 10.2 Å². The molecular weight excluding hydrogens is 200 g/mol. The second-order valence-electron chi connectivity index (χ2n) is 4.33. The third-order valence-electron chi connectivity index (χ3n) is 2.63. The van der Waals surface area contributed by atoms with Gasteiger partial charge in [0.1, 0.15) is 0 Å². The summed E-state index contributed by atoms with van der Waals surface area (Å²) in [5, 5.41) is 0. The quantitative estimate of drug-likeness (QED) is 0.573. The number of rotatable bonds is 3. The normalized spacial score (nSPS) is 10.6. The van der Waals surface area contributed by atoms with Crippen LogP contribution in [0.3, 0.4) is 0 Å². The van der Waals surface area contributed by atoms with Crippen LogP contribution in [0.1, 0.15) is 36.2 Å². The summed E-state index contributed by atoms with van der Waals surface area (Å²) in [5.41, 5.74) is 1.62. The van der Waals surface area contributed by atoms with Crippen LogP contribution in [0.4, 0.5) is 0 Å². The molecule has 16 heavy (non-hydrogen) atoms. The van der Waals surface area contributed by atoms with Crippen molar-refractivity contribution in [1.29, 1.82) is 0 Å². The Morgan fingerprint density at radius 1 is 1.38 bits per heavy atom. The minimum Gasteiger partial charge on any atom is -0.465 e.